The van der Waals surface area contributed by atoms with Crippen molar-refractivity contribution in [1.82, 2.24) is 25.2 Å². The van der Waals surface area contributed by atoms with Crippen LogP contribution in [-0.2, 0) is 11.3 Å². The normalized spacial score (nSPS) is 17.9. The van der Waals surface area contributed by atoms with E-state index in [2.05, 4.69) is 20.3 Å². The fourth-order valence-corrected chi connectivity index (χ4v) is 4.97. The molecule has 190 valence electrons. The minimum Gasteiger partial charge on any atom is -0.341 e. The maximum atomic E-state index is 13.1. The number of nitrogens with one attached hydrogen (secondary N) is 1. The molecule has 1 atom stereocenters. The lowest BCUT2D eigenvalue weighted by molar-refractivity contribution is -0.135. The van der Waals surface area contributed by atoms with Crippen LogP contribution >= 0.6 is 11.6 Å². The molecule has 10 heteroatoms. The van der Waals surface area contributed by atoms with Crippen LogP contribution in [0.2, 0.25) is 5.02 Å². The van der Waals surface area contributed by atoms with E-state index < -0.39 is 0 Å². The molecule has 1 aromatic carbocycles. The molecule has 2 fully saturated rings. The Bertz CT molecular complexity index is 1130. The molecule has 2 aromatic rings. The number of likely N-dealkylation sites (tertiary alicyclic amines) is 2. The van der Waals surface area contributed by atoms with Crippen LogP contribution in [0.1, 0.15) is 61.3 Å². The molecule has 36 heavy (non-hydrogen) atoms. The van der Waals surface area contributed by atoms with E-state index in [-0.39, 0.29) is 40.4 Å². The monoisotopic (exact) mass is 509 g/mol. The minimum absolute atomic E-state index is 0.0230. The second-order valence-electron chi connectivity index (χ2n) is 9.78. The van der Waals surface area contributed by atoms with Gasteiger partial charge >= 0.3 is 0 Å². The zero-order valence-corrected chi connectivity index (χ0v) is 21.5. The van der Waals surface area contributed by atoms with Gasteiger partial charge in [0.25, 0.3) is 5.91 Å². The van der Waals surface area contributed by atoms with Gasteiger partial charge < -0.3 is 4.90 Å². The molecule has 1 N–H and O–H groups in total. The fourth-order valence-electron chi connectivity index (χ4n) is 4.78. The van der Waals surface area contributed by atoms with Gasteiger partial charge in [0.2, 0.25) is 11.7 Å². The Balaban J connectivity index is 1.42. The highest BCUT2D eigenvalue weighted by Gasteiger charge is 2.34. The van der Waals surface area contributed by atoms with E-state index in [1.807, 2.05) is 36.9 Å². The first-order valence-electron chi connectivity index (χ1n) is 12.5. The van der Waals surface area contributed by atoms with Gasteiger partial charge in [-0.1, -0.05) is 37.6 Å². The highest BCUT2D eigenvalue weighted by molar-refractivity contribution is 6.32. The lowest BCUT2D eigenvalue weighted by Crippen LogP contribution is -2.45. The van der Waals surface area contributed by atoms with E-state index in [0.717, 1.165) is 50.9 Å². The van der Waals surface area contributed by atoms with Crippen molar-refractivity contribution in [3.05, 3.63) is 52.4 Å². The summed E-state index contributed by atoms with van der Waals surface area (Å²) in [6.45, 7) is 7.80. The third-order valence-electron chi connectivity index (χ3n) is 6.53. The number of hydrogen-bond donors (Lipinski definition) is 1. The highest BCUT2D eigenvalue weighted by atomic mass is 35.5. The lowest BCUT2D eigenvalue weighted by Gasteiger charge is -2.28. The number of hydrazine groups is 1. The van der Waals surface area contributed by atoms with Gasteiger partial charge in [0.15, 0.2) is 5.82 Å². The van der Waals surface area contributed by atoms with Gasteiger partial charge in [0, 0.05) is 31.7 Å². The van der Waals surface area contributed by atoms with Crippen molar-refractivity contribution in [3.63, 3.8) is 0 Å². The molecular formula is C26H32ClN7O2. The van der Waals surface area contributed by atoms with Crippen molar-refractivity contribution in [1.29, 1.82) is 5.26 Å². The second-order valence-corrected chi connectivity index (χ2v) is 10.2. The van der Waals surface area contributed by atoms with Gasteiger partial charge in [-0.3, -0.25) is 24.9 Å². The Morgan fingerprint density at radius 1 is 1.19 bits per heavy atom. The smallest absolute Gasteiger partial charge is 0.269 e. The van der Waals surface area contributed by atoms with E-state index in [1.165, 1.54) is 6.20 Å². The van der Waals surface area contributed by atoms with Crippen LogP contribution < -0.4 is 10.4 Å². The molecule has 0 radical (unpaired) electrons. The molecule has 0 saturated carbocycles. The molecule has 0 aliphatic carbocycles. The summed E-state index contributed by atoms with van der Waals surface area (Å²) < 4.78 is 0. The van der Waals surface area contributed by atoms with E-state index in [9.17, 15) is 9.59 Å². The van der Waals surface area contributed by atoms with E-state index in [0.29, 0.717) is 18.7 Å². The van der Waals surface area contributed by atoms with E-state index >= 15 is 0 Å². The fraction of sp³-hybridized carbons (Fsp3) is 0.500. The molecule has 1 aromatic heterocycles. The first-order chi connectivity index (χ1) is 17.4. The van der Waals surface area contributed by atoms with Gasteiger partial charge in [-0.2, -0.15) is 10.2 Å². The first-order valence-corrected chi connectivity index (χ1v) is 12.9. The number of aromatic nitrogens is 2. The average molecular weight is 510 g/mol. The predicted octanol–water partition coefficient (Wildman–Crippen LogP) is 3.40. The predicted molar refractivity (Wildman–Crippen MR) is 137 cm³/mol. The van der Waals surface area contributed by atoms with Gasteiger partial charge in [-0.15, -0.1) is 0 Å². The summed E-state index contributed by atoms with van der Waals surface area (Å²) in [6, 6.07) is 9.29. The summed E-state index contributed by atoms with van der Waals surface area (Å²) in [5.41, 5.74) is 4.42. The number of anilines is 1. The van der Waals surface area contributed by atoms with Gasteiger partial charge in [0.05, 0.1) is 12.2 Å². The van der Waals surface area contributed by atoms with Crippen LogP contribution in [0.25, 0.3) is 0 Å². The number of carbonyl (C=O) groups excluding carboxylic acids is 2. The molecule has 0 spiro atoms. The number of rotatable bonds is 8. The van der Waals surface area contributed by atoms with Crippen molar-refractivity contribution in [2.24, 2.45) is 5.92 Å². The summed E-state index contributed by atoms with van der Waals surface area (Å²) in [5, 5.41) is 11.0. The third-order valence-corrected chi connectivity index (χ3v) is 6.80. The number of benzene rings is 1. The van der Waals surface area contributed by atoms with Gasteiger partial charge in [-0.25, -0.2) is 4.98 Å². The number of hydrogen-bond acceptors (Lipinski definition) is 7. The number of nitriles is 1. The third kappa shape index (κ3) is 6.12. The Labute approximate surface area is 217 Å². The molecule has 2 aliphatic rings. The molecular weight excluding hydrogens is 478 g/mol. The van der Waals surface area contributed by atoms with Crippen molar-refractivity contribution >= 4 is 29.2 Å². The second kappa shape index (κ2) is 11.7. The number of nitrogens with zero attached hydrogens (tertiary/aromatic N) is 6. The Kier molecular flexibility index (Phi) is 8.39. The molecule has 9 nitrogen and oxygen atoms in total. The first kappa shape index (κ1) is 25.9. The number of amides is 2. The SMILES string of the molecule is CC(C)CN(NC(=O)c1ccc(CN2CCC[C@H]2C(=O)N2CCCC2)cc1)c1nc(C#N)ncc1Cl. The maximum Gasteiger partial charge on any atom is 0.269 e. The molecule has 3 heterocycles. The summed E-state index contributed by atoms with van der Waals surface area (Å²) in [5.74, 6) is 0.406. The van der Waals surface area contributed by atoms with Gasteiger partial charge in [-0.05, 0) is 55.8 Å². The van der Waals surface area contributed by atoms with Crippen LogP contribution in [-0.4, -0.2) is 63.8 Å². The largest absolute Gasteiger partial charge is 0.341 e. The average Bonchev–Trinajstić information content (AvgIpc) is 3.56. The highest BCUT2D eigenvalue weighted by Crippen LogP contribution is 2.25. The zero-order chi connectivity index (χ0) is 25.7. The topological polar surface area (TPSA) is 105 Å². The molecule has 2 saturated heterocycles. The Morgan fingerprint density at radius 2 is 1.92 bits per heavy atom. The van der Waals surface area contributed by atoms with Crippen LogP contribution in [0.15, 0.2) is 30.5 Å². The standard InChI is InChI=1S/C26H32ClN7O2/c1-18(2)16-34(24-21(27)15-29-23(14-28)30-24)31-25(35)20-9-7-19(8-10-20)17-33-13-5-6-22(33)26(36)32-11-3-4-12-32/h7-10,15,18,22H,3-6,11-13,16-17H2,1-2H3,(H,31,35)/t22-/m0/s1. The summed E-state index contributed by atoms with van der Waals surface area (Å²) in [7, 11) is 0. The molecule has 2 amide bonds. The summed E-state index contributed by atoms with van der Waals surface area (Å²) >= 11 is 6.28. The molecule has 4 rings (SSSR count). The minimum atomic E-state index is -0.307. The molecule has 0 bridgehead atoms. The van der Waals surface area contributed by atoms with Gasteiger partial charge in [0.1, 0.15) is 11.1 Å². The van der Waals surface area contributed by atoms with Crippen LogP contribution in [0.5, 0.6) is 0 Å². The maximum absolute atomic E-state index is 13.1. The zero-order valence-electron chi connectivity index (χ0n) is 20.8. The van der Waals surface area contributed by atoms with Crippen molar-refractivity contribution in [2.75, 3.05) is 31.2 Å². The number of halogens is 1. The lowest BCUT2D eigenvalue weighted by atomic mass is 10.1. The summed E-state index contributed by atoms with van der Waals surface area (Å²) in [4.78, 5) is 38.3. The van der Waals surface area contributed by atoms with E-state index in [1.54, 1.807) is 17.1 Å². The Hall–Kier alpha value is -3.22. The van der Waals surface area contributed by atoms with Crippen molar-refractivity contribution in [3.8, 4) is 6.07 Å². The van der Waals surface area contributed by atoms with Crippen molar-refractivity contribution in [2.45, 2.75) is 52.1 Å². The molecule has 0 unspecified atom stereocenters. The Morgan fingerprint density at radius 3 is 2.58 bits per heavy atom. The van der Waals surface area contributed by atoms with Crippen LogP contribution in [0.3, 0.4) is 0 Å². The molecule has 2 aliphatic heterocycles. The quantitative estimate of drug-likeness (QED) is 0.543. The van der Waals surface area contributed by atoms with Crippen molar-refractivity contribution < 1.29 is 9.59 Å². The number of carbonyl (C=O) groups is 2. The van der Waals surface area contributed by atoms with Crippen LogP contribution in [0.4, 0.5) is 5.82 Å². The summed E-state index contributed by atoms with van der Waals surface area (Å²) in [6.07, 6.45) is 5.48. The van der Waals surface area contributed by atoms with Crippen LogP contribution in [0, 0.1) is 17.2 Å². The van der Waals surface area contributed by atoms with E-state index in [4.69, 9.17) is 16.9 Å².